The molecule has 0 saturated carbocycles. The number of amides is 2. The third-order valence-electron chi connectivity index (χ3n) is 3.00. The molecule has 2 unspecified atom stereocenters. The van der Waals surface area contributed by atoms with Crippen molar-refractivity contribution in [1.82, 2.24) is 10.2 Å². The number of nitrogens with zero attached hydrogens (tertiary/aromatic N) is 1. The molecule has 1 heterocycles. The highest BCUT2D eigenvalue weighted by Gasteiger charge is 2.35. The number of likely N-dealkylation sites (tertiary alicyclic amines) is 1. The summed E-state index contributed by atoms with van der Waals surface area (Å²) in [6, 6.07) is -0.108. The quantitative estimate of drug-likeness (QED) is 0.748. The molecule has 1 aliphatic rings. The number of carbonyl (C=O) groups is 2. The molecule has 92 valence electrons. The molecule has 2 atom stereocenters. The normalized spacial score (nSPS) is 25.6. The minimum absolute atomic E-state index is 0.180. The van der Waals surface area contributed by atoms with E-state index < -0.39 is 11.5 Å². The Hall–Kier alpha value is -1.26. The zero-order valence-corrected chi connectivity index (χ0v) is 10.3. The highest BCUT2D eigenvalue weighted by atomic mass is 16.4. The average Bonchev–Trinajstić information content (AvgIpc) is 2.44. The molecule has 5 heteroatoms. The van der Waals surface area contributed by atoms with Gasteiger partial charge in [-0.1, -0.05) is 6.92 Å². The lowest BCUT2D eigenvalue weighted by molar-refractivity contribution is -0.143. The number of carboxylic acids is 1. The van der Waals surface area contributed by atoms with Crippen LogP contribution in [0, 0.1) is 5.92 Å². The number of rotatable bonds is 2. The Bertz CT molecular complexity index is 302. The van der Waals surface area contributed by atoms with Crippen molar-refractivity contribution in [1.29, 1.82) is 0 Å². The number of aliphatic carboxylic acids is 1. The highest BCUT2D eigenvalue weighted by molar-refractivity contribution is 5.85. The number of hydrogen-bond donors (Lipinski definition) is 2. The zero-order valence-electron chi connectivity index (χ0n) is 10.3. The number of hydrogen-bond acceptors (Lipinski definition) is 2. The van der Waals surface area contributed by atoms with Crippen LogP contribution in [0.4, 0.5) is 4.79 Å². The number of nitrogens with one attached hydrogen (secondary N) is 1. The Balaban J connectivity index is 2.63. The van der Waals surface area contributed by atoms with Crippen LogP contribution in [0.15, 0.2) is 0 Å². The molecule has 0 bridgehead atoms. The SMILES string of the molecule is CC1CC(C)N(C(=O)NC(C)(C)C(=O)O)C1. The third kappa shape index (κ3) is 2.65. The van der Waals surface area contributed by atoms with Crippen LogP contribution in [0.3, 0.4) is 0 Å². The summed E-state index contributed by atoms with van der Waals surface area (Å²) in [6.07, 6.45) is 0.973. The number of carbonyl (C=O) groups excluding carboxylic acids is 1. The topological polar surface area (TPSA) is 69.6 Å². The van der Waals surface area contributed by atoms with Crippen LogP contribution >= 0.6 is 0 Å². The molecule has 1 saturated heterocycles. The minimum atomic E-state index is -1.22. The van der Waals surface area contributed by atoms with E-state index in [-0.39, 0.29) is 12.1 Å². The summed E-state index contributed by atoms with van der Waals surface area (Å²) < 4.78 is 0. The lowest BCUT2D eigenvalue weighted by Crippen LogP contribution is -2.54. The molecule has 1 aliphatic heterocycles. The van der Waals surface area contributed by atoms with E-state index in [0.717, 1.165) is 6.42 Å². The Morgan fingerprint density at radius 1 is 1.38 bits per heavy atom. The third-order valence-corrected chi connectivity index (χ3v) is 3.00. The molecule has 2 N–H and O–H groups in total. The first-order valence-corrected chi connectivity index (χ1v) is 5.56. The predicted molar refractivity (Wildman–Crippen MR) is 60.2 cm³/mol. The molecule has 1 fully saturated rings. The minimum Gasteiger partial charge on any atom is -0.480 e. The molecule has 16 heavy (non-hydrogen) atoms. The Kier molecular flexibility index (Phi) is 3.45. The summed E-state index contributed by atoms with van der Waals surface area (Å²) in [5.74, 6) is -0.547. The van der Waals surface area contributed by atoms with E-state index >= 15 is 0 Å². The summed E-state index contributed by atoms with van der Waals surface area (Å²) in [5.41, 5.74) is -1.22. The molecule has 0 aromatic carbocycles. The van der Waals surface area contributed by atoms with Gasteiger partial charge >= 0.3 is 12.0 Å². The van der Waals surface area contributed by atoms with Crippen molar-refractivity contribution in [3.63, 3.8) is 0 Å². The van der Waals surface area contributed by atoms with Crippen LogP contribution in [0.5, 0.6) is 0 Å². The van der Waals surface area contributed by atoms with Gasteiger partial charge in [0, 0.05) is 12.6 Å². The van der Waals surface area contributed by atoms with Crippen LogP contribution in [0.2, 0.25) is 0 Å². The fourth-order valence-corrected chi connectivity index (χ4v) is 1.98. The van der Waals surface area contributed by atoms with Crippen molar-refractivity contribution in [2.24, 2.45) is 5.92 Å². The van der Waals surface area contributed by atoms with Gasteiger partial charge in [0.2, 0.25) is 0 Å². The van der Waals surface area contributed by atoms with Crippen molar-refractivity contribution in [3.8, 4) is 0 Å². The standard InChI is InChI=1S/C11H20N2O3/c1-7-5-8(2)13(6-7)10(16)12-11(3,4)9(14)15/h7-8H,5-6H2,1-4H3,(H,12,16)(H,14,15). The number of urea groups is 1. The summed E-state index contributed by atoms with van der Waals surface area (Å²) >= 11 is 0. The van der Waals surface area contributed by atoms with Gasteiger partial charge in [-0.05, 0) is 33.1 Å². The van der Waals surface area contributed by atoms with Crippen LogP contribution in [0.1, 0.15) is 34.1 Å². The molecule has 0 aromatic rings. The summed E-state index contributed by atoms with van der Waals surface area (Å²) in [4.78, 5) is 24.5. The molecule has 0 radical (unpaired) electrons. The second-order valence-corrected chi connectivity index (χ2v) is 5.20. The van der Waals surface area contributed by atoms with Gasteiger partial charge in [0.1, 0.15) is 5.54 Å². The molecule has 0 aliphatic carbocycles. The molecule has 1 rings (SSSR count). The second kappa shape index (κ2) is 4.31. The molecule has 0 aromatic heterocycles. The Labute approximate surface area is 95.8 Å². The van der Waals surface area contributed by atoms with Crippen molar-refractivity contribution in [2.75, 3.05) is 6.54 Å². The maximum Gasteiger partial charge on any atom is 0.328 e. The molecule has 5 nitrogen and oxygen atoms in total. The van der Waals surface area contributed by atoms with E-state index in [1.54, 1.807) is 4.90 Å². The fourth-order valence-electron chi connectivity index (χ4n) is 1.98. The first kappa shape index (κ1) is 12.8. The first-order valence-electron chi connectivity index (χ1n) is 5.56. The largest absolute Gasteiger partial charge is 0.480 e. The van der Waals surface area contributed by atoms with E-state index in [9.17, 15) is 9.59 Å². The van der Waals surface area contributed by atoms with Crippen molar-refractivity contribution < 1.29 is 14.7 Å². The average molecular weight is 228 g/mol. The second-order valence-electron chi connectivity index (χ2n) is 5.20. The van der Waals surface area contributed by atoms with Crippen LogP contribution in [-0.4, -0.2) is 40.1 Å². The van der Waals surface area contributed by atoms with Gasteiger partial charge in [-0.2, -0.15) is 0 Å². The van der Waals surface area contributed by atoms with Crippen LogP contribution in [0.25, 0.3) is 0 Å². The lowest BCUT2D eigenvalue weighted by atomic mass is 10.1. The molecular weight excluding hydrogens is 208 g/mol. The maximum atomic E-state index is 11.9. The first-order chi connectivity index (χ1) is 7.24. The van der Waals surface area contributed by atoms with Gasteiger partial charge in [-0.25, -0.2) is 9.59 Å². The highest BCUT2D eigenvalue weighted by Crippen LogP contribution is 2.22. The lowest BCUT2D eigenvalue weighted by Gasteiger charge is -2.28. The van der Waals surface area contributed by atoms with Gasteiger partial charge in [-0.15, -0.1) is 0 Å². The van der Waals surface area contributed by atoms with E-state index in [1.165, 1.54) is 13.8 Å². The summed E-state index contributed by atoms with van der Waals surface area (Å²) in [6.45, 7) is 7.74. The molecule has 2 amide bonds. The van der Waals surface area contributed by atoms with Crippen molar-refractivity contribution in [3.05, 3.63) is 0 Å². The maximum absolute atomic E-state index is 11.9. The predicted octanol–water partition coefficient (Wildman–Crippen LogP) is 1.29. The smallest absolute Gasteiger partial charge is 0.328 e. The van der Waals surface area contributed by atoms with Crippen LogP contribution < -0.4 is 5.32 Å². The zero-order chi connectivity index (χ0) is 12.5. The Morgan fingerprint density at radius 3 is 2.31 bits per heavy atom. The summed E-state index contributed by atoms with van der Waals surface area (Å²) in [5, 5.41) is 11.5. The fraction of sp³-hybridized carbons (Fsp3) is 0.818. The van der Waals surface area contributed by atoms with Gasteiger partial charge in [0.25, 0.3) is 0 Å². The van der Waals surface area contributed by atoms with Gasteiger partial charge < -0.3 is 15.3 Å². The van der Waals surface area contributed by atoms with Gasteiger partial charge in [0.15, 0.2) is 0 Å². The van der Waals surface area contributed by atoms with Crippen molar-refractivity contribution in [2.45, 2.75) is 45.7 Å². The van der Waals surface area contributed by atoms with E-state index in [1.807, 2.05) is 6.92 Å². The van der Waals surface area contributed by atoms with Crippen LogP contribution in [-0.2, 0) is 4.79 Å². The monoisotopic (exact) mass is 228 g/mol. The molecule has 0 spiro atoms. The van der Waals surface area contributed by atoms with E-state index in [0.29, 0.717) is 12.5 Å². The van der Waals surface area contributed by atoms with Gasteiger partial charge in [-0.3, -0.25) is 0 Å². The Morgan fingerprint density at radius 2 is 1.94 bits per heavy atom. The van der Waals surface area contributed by atoms with Crippen molar-refractivity contribution >= 4 is 12.0 Å². The summed E-state index contributed by atoms with van der Waals surface area (Å²) in [7, 11) is 0. The number of carboxylic acid groups (broad SMARTS) is 1. The van der Waals surface area contributed by atoms with E-state index in [4.69, 9.17) is 5.11 Å². The van der Waals surface area contributed by atoms with Gasteiger partial charge in [0.05, 0.1) is 0 Å². The van der Waals surface area contributed by atoms with E-state index in [2.05, 4.69) is 12.2 Å². The molecular formula is C11H20N2O3.